The molecule has 98 valence electrons. The van der Waals surface area contributed by atoms with E-state index in [9.17, 15) is 4.79 Å². The van der Waals surface area contributed by atoms with Crippen molar-refractivity contribution in [2.24, 2.45) is 0 Å². The van der Waals surface area contributed by atoms with Gasteiger partial charge in [0.2, 0.25) is 0 Å². The molecule has 1 N–H and O–H groups in total. The highest BCUT2D eigenvalue weighted by Gasteiger charge is 2.40. The third-order valence-corrected chi connectivity index (χ3v) is 4.50. The third-order valence-electron chi connectivity index (χ3n) is 3.73. The van der Waals surface area contributed by atoms with E-state index in [0.29, 0.717) is 23.2 Å². The van der Waals surface area contributed by atoms with E-state index in [2.05, 4.69) is 26.3 Å². The highest BCUT2D eigenvalue weighted by atomic mass is 79.9. The standard InChI is InChI=1S/C12H16BrN3O2/c1-2-16-12(17)11(13)9(6-14-16)15-8-5-7-3-4-10(8)18-7/h6-8,10,15H,2-5H2,1H3. The molecule has 3 rings (SSSR count). The van der Waals surface area contributed by atoms with Crippen LogP contribution >= 0.6 is 15.9 Å². The molecule has 3 atom stereocenters. The monoisotopic (exact) mass is 313 g/mol. The Kier molecular flexibility index (Phi) is 3.15. The van der Waals surface area contributed by atoms with Crippen LogP contribution in [-0.2, 0) is 11.3 Å². The minimum Gasteiger partial charge on any atom is -0.377 e. The van der Waals surface area contributed by atoms with Gasteiger partial charge in [0.25, 0.3) is 5.56 Å². The summed E-state index contributed by atoms with van der Waals surface area (Å²) >= 11 is 3.36. The number of aromatic nitrogens is 2. The summed E-state index contributed by atoms with van der Waals surface area (Å²) < 4.78 is 7.79. The van der Waals surface area contributed by atoms with Gasteiger partial charge in [-0.3, -0.25) is 4.79 Å². The Morgan fingerprint density at radius 1 is 1.61 bits per heavy atom. The van der Waals surface area contributed by atoms with Gasteiger partial charge in [-0.15, -0.1) is 0 Å². The van der Waals surface area contributed by atoms with Gasteiger partial charge in [-0.25, -0.2) is 4.68 Å². The number of nitrogens with zero attached hydrogens (tertiary/aromatic N) is 2. The number of hydrogen-bond acceptors (Lipinski definition) is 4. The average molecular weight is 314 g/mol. The van der Waals surface area contributed by atoms with Crippen LogP contribution in [0.4, 0.5) is 5.69 Å². The number of hydrogen-bond donors (Lipinski definition) is 1. The molecule has 0 amide bonds. The van der Waals surface area contributed by atoms with Crippen LogP contribution in [0.15, 0.2) is 15.5 Å². The quantitative estimate of drug-likeness (QED) is 0.924. The highest BCUT2D eigenvalue weighted by Crippen LogP contribution is 2.36. The van der Waals surface area contributed by atoms with E-state index in [1.165, 1.54) is 11.1 Å². The van der Waals surface area contributed by atoms with Crippen molar-refractivity contribution in [3.05, 3.63) is 21.0 Å². The van der Waals surface area contributed by atoms with E-state index in [4.69, 9.17) is 4.74 Å². The number of fused-ring (bicyclic) bond motifs is 2. The minimum atomic E-state index is -0.0911. The van der Waals surface area contributed by atoms with Crippen molar-refractivity contribution in [3.63, 3.8) is 0 Å². The molecule has 0 aromatic carbocycles. The lowest BCUT2D eigenvalue weighted by atomic mass is 9.95. The Morgan fingerprint density at radius 3 is 3.06 bits per heavy atom. The van der Waals surface area contributed by atoms with Gasteiger partial charge in [-0.1, -0.05) is 0 Å². The molecule has 0 aliphatic carbocycles. The van der Waals surface area contributed by atoms with E-state index in [0.717, 1.165) is 18.5 Å². The van der Waals surface area contributed by atoms with E-state index < -0.39 is 0 Å². The van der Waals surface area contributed by atoms with Gasteiger partial charge in [0.1, 0.15) is 4.47 Å². The lowest BCUT2D eigenvalue weighted by molar-refractivity contribution is 0.102. The number of halogens is 1. The van der Waals surface area contributed by atoms with Crippen LogP contribution in [0.5, 0.6) is 0 Å². The molecule has 1 aromatic rings. The van der Waals surface area contributed by atoms with Gasteiger partial charge < -0.3 is 10.1 Å². The van der Waals surface area contributed by atoms with Crippen molar-refractivity contribution >= 4 is 21.6 Å². The maximum absolute atomic E-state index is 11.9. The van der Waals surface area contributed by atoms with Gasteiger partial charge in [0, 0.05) is 6.54 Å². The molecule has 2 bridgehead atoms. The van der Waals surface area contributed by atoms with Crippen molar-refractivity contribution in [2.45, 2.75) is 51.0 Å². The molecular formula is C12H16BrN3O2. The summed E-state index contributed by atoms with van der Waals surface area (Å²) in [6.07, 6.45) is 5.69. The molecular weight excluding hydrogens is 298 g/mol. The molecule has 0 saturated carbocycles. The van der Waals surface area contributed by atoms with E-state index >= 15 is 0 Å². The Hall–Kier alpha value is -0.880. The number of aryl methyl sites for hydroxylation is 1. The zero-order valence-electron chi connectivity index (χ0n) is 10.2. The summed E-state index contributed by atoms with van der Waals surface area (Å²) in [7, 11) is 0. The van der Waals surface area contributed by atoms with E-state index in [1.807, 2.05) is 6.92 Å². The molecule has 5 nitrogen and oxygen atoms in total. The van der Waals surface area contributed by atoms with Gasteiger partial charge >= 0.3 is 0 Å². The molecule has 2 saturated heterocycles. The number of ether oxygens (including phenoxy) is 1. The predicted octanol–water partition coefficient (Wildman–Crippen LogP) is 1.76. The molecule has 6 heteroatoms. The first-order valence-electron chi connectivity index (χ1n) is 6.36. The lowest BCUT2D eigenvalue weighted by Crippen LogP contribution is -2.32. The highest BCUT2D eigenvalue weighted by molar-refractivity contribution is 9.10. The smallest absolute Gasteiger partial charge is 0.283 e. The summed E-state index contributed by atoms with van der Waals surface area (Å²) in [4.78, 5) is 11.9. The molecule has 0 spiro atoms. The van der Waals surface area contributed by atoms with E-state index in [-0.39, 0.29) is 11.7 Å². The van der Waals surface area contributed by atoms with Gasteiger partial charge in [-0.05, 0) is 42.1 Å². The first-order chi connectivity index (χ1) is 8.69. The third kappa shape index (κ3) is 1.97. The topological polar surface area (TPSA) is 56.1 Å². The fourth-order valence-electron chi connectivity index (χ4n) is 2.78. The number of nitrogens with one attached hydrogen (secondary N) is 1. The molecule has 2 fully saturated rings. The first kappa shape index (κ1) is 12.2. The summed E-state index contributed by atoms with van der Waals surface area (Å²) in [6.45, 7) is 2.48. The van der Waals surface area contributed by atoms with Crippen LogP contribution in [0, 0.1) is 0 Å². The predicted molar refractivity (Wildman–Crippen MR) is 71.8 cm³/mol. The Bertz CT molecular complexity index is 517. The van der Waals surface area contributed by atoms with Gasteiger partial charge in [-0.2, -0.15) is 5.10 Å². The van der Waals surface area contributed by atoms with Crippen LogP contribution in [-0.4, -0.2) is 28.0 Å². The van der Waals surface area contributed by atoms with Crippen LogP contribution in [0.3, 0.4) is 0 Å². The van der Waals surface area contributed by atoms with Gasteiger partial charge in [0.05, 0.1) is 30.1 Å². The fourth-order valence-corrected chi connectivity index (χ4v) is 3.20. The second-order valence-corrected chi connectivity index (χ2v) is 5.65. The van der Waals surface area contributed by atoms with Crippen molar-refractivity contribution in [3.8, 4) is 0 Å². The lowest BCUT2D eigenvalue weighted by Gasteiger charge is -2.21. The van der Waals surface area contributed by atoms with Crippen molar-refractivity contribution in [1.29, 1.82) is 0 Å². The normalized spacial score (nSPS) is 29.8. The molecule has 2 aliphatic heterocycles. The molecule has 0 radical (unpaired) electrons. The minimum absolute atomic E-state index is 0.0911. The Balaban J connectivity index is 1.81. The Morgan fingerprint density at radius 2 is 2.44 bits per heavy atom. The maximum Gasteiger partial charge on any atom is 0.283 e. The van der Waals surface area contributed by atoms with Gasteiger partial charge in [0.15, 0.2) is 0 Å². The average Bonchev–Trinajstić information content (AvgIpc) is 2.97. The van der Waals surface area contributed by atoms with Crippen LogP contribution < -0.4 is 10.9 Å². The summed E-state index contributed by atoms with van der Waals surface area (Å²) in [6, 6.07) is 0.304. The van der Waals surface area contributed by atoms with Crippen molar-refractivity contribution in [2.75, 3.05) is 5.32 Å². The molecule has 3 heterocycles. The van der Waals surface area contributed by atoms with Crippen LogP contribution in [0.1, 0.15) is 26.2 Å². The number of rotatable bonds is 3. The fraction of sp³-hybridized carbons (Fsp3) is 0.667. The maximum atomic E-state index is 11.9. The zero-order valence-corrected chi connectivity index (χ0v) is 11.8. The van der Waals surface area contributed by atoms with E-state index in [1.54, 1.807) is 6.20 Å². The zero-order chi connectivity index (χ0) is 12.7. The number of anilines is 1. The SMILES string of the molecule is CCn1ncc(NC2CC3CCC2O3)c(Br)c1=O. The summed E-state index contributed by atoms with van der Waals surface area (Å²) in [5.74, 6) is 0. The first-order valence-corrected chi connectivity index (χ1v) is 7.16. The second-order valence-electron chi connectivity index (χ2n) is 4.85. The second kappa shape index (κ2) is 4.66. The van der Waals surface area contributed by atoms with Crippen LogP contribution in [0.2, 0.25) is 0 Å². The van der Waals surface area contributed by atoms with Crippen molar-refractivity contribution in [1.82, 2.24) is 9.78 Å². The largest absolute Gasteiger partial charge is 0.377 e. The summed E-state index contributed by atoms with van der Waals surface area (Å²) in [5, 5.41) is 7.52. The van der Waals surface area contributed by atoms with Crippen LogP contribution in [0.25, 0.3) is 0 Å². The molecule has 3 unspecified atom stereocenters. The molecule has 2 aliphatic rings. The molecule has 18 heavy (non-hydrogen) atoms. The Labute approximate surface area is 114 Å². The molecule has 1 aromatic heterocycles. The summed E-state index contributed by atoms with van der Waals surface area (Å²) in [5.41, 5.74) is 0.678. The van der Waals surface area contributed by atoms with Crippen molar-refractivity contribution < 1.29 is 4.74 Å².